The van der Waals surface area contributed by atoms with Crippen molar-refractivity contribution in [2.24, 2.45) is 11.8 Å². The molecule has 2 aliphatic rings. The van der Waals surface area contributed by atoms with Crippen LogP contribution in [0.1, 0.15) is 20.3 Å². The molecule has 3 atom stereocenters. The Labute approximate surface area is 87.4 Å². The summed E-state index contributed by atoms with van der Waals surface area (Å²) in [6.45, 7) is 2.79. The van der Waals surface area contributed by atoms with E-state index in [9.17, 15) is 18.0 Å². The van der Waals surface area contributed by atoms with E-state index in [1.807, 2.05) is 0 Å². The van der Waals surface area contributed by atoms with E-state index in [1.54, 1.807) is 0 Å². The van der Waals surface area contributed by atoms with Crippen molar-refractivity contribution in [2.75, 3.05) is 0 Å². The van der Waals surface area contributed by atoms with Crippen LogP contribution in [0.25, 0.3) is 0 Å². The Kier molecular flexibility index (Phi) is 1.84. The van der Waals surface area contributed by atoms with E-state index in [2.05, 4.69) is 0 Å². The summed E-state index contributed by atoms with van der Waals surface area (Å²) in [6, 6.07) is 0. The van der Waals surface area contributed by atoms with Crippen LogP contribution < -0.4 is 0 Å². The molecule has 0 aromatic heterocycles. The molecule has 2 fully saturated rings. The maximum absolute atomic E-state index is 11.9. The van der Waals surface area contributed by atoms with Crippen LogP contribution >= 0.6 is 0 Å². The number of aliphatic carboxylic acids is 1. The van der Waals surface area contributed by atoms with Gasteiger partial charge in [-0.3, -0.25) is 9.59 Å². The standard InChI is InChI=1S/C9H12O5S/c1-9(2)7(8(11)12)6-4(10)3-5(6)15(9,13)14/h5-7H,3H2,1-2H3,(H,11,12). The molecule has 6 heteroatoms. The monoisotopic (exact) mass is 232 g/mol. The number of fused-ring (bicyclic) bond motifs is 1. The first-order valence-corrected chi connectivity index (χ1v) is 6.25. The van der Waals surface area contributed by atoms with Gasteiger partial charge < -0.3 is 5.11 Å². The highest BCUT2D eigenvalue weighted by atomic mass is 32.2. The van der Waals surface area contributed by atoms with E-state index in [1.165, 1.54) is 13.8 Å². The second kappa shape index (κ2) is 2.61. The minimum atomic E-state index is -3.49. The van der Waals surface area contributed by atoms with Gasteiger partial charge in [0.25, 0.3) is 0 Å². The predicted octanol–water partition coefficient (Wildman–Crippen LogP) is -0.148. The number of sulfone groups is 1. The van der Waals surface area contributed by atoms with Crippen LogP contribution in [0.3, 0.4) is 0 Å². The summed E-state index contributed by atoms with van der Waals surface area (Å²) in [5.74, 6) is -3.33. The van der Waals surface area contributed by atoms with Gasteiger partial charge in [-0.1, -0.05) is 0 Å². The van der Waals surface area contributed by atoms with Crippen LogP contribution in [0, 0.1) is 11.8 Å². The van der Waals surface area contributed by atoms with E-state index in [-0.39, 0.29) is 12.2 Å². The number of carboxylic acids is 1. The van der Waals surface area contributed by atoms with Gasteiger partial charge in [-0.15, -0.1) is 0 Å². The normalized spacial score (nSPS) is 40.7. The van der Waals surface area contributed by atoms with Crippen LogP contribution in [-0.2, 0) is 19.4 Å². The van der Waals surface area contributed by atoms with Gasteiger partial charge in [-0.05, 0) is 13.8 Å². The minimum Gasteiger partial charge on any atom is -0.481 e. The lowest BCUT2D eigenvalue weighted by Gasteiger charge is -2.28. The third-order valence-electron chi connectivity index (χ3n) is 3.68. The average Bonchev–Trinajstić information content (AvgIpc) is 2.19. The van der Waals surface area contributed by atoms with Crippen molar-refractivity contribution in [1.29, 1.82) is 0 Å². The smallest absolute Gasteiger partial charge is 0.308 e. The highest BCUT2D eigenvalue weighted by molar-refractivity contribution is 7.93. The molecule has 1 heterocycles. The first kappa shape index (κ1) is 10.6. The zero-order valence-corrected chi connectivity index (χ0v) is 9.24. The Bertz CT molecular complexity index is 447. The van der Waals surface area contributed by atoms with E-state index >= 15 is 0 Å². The zero-order chi connectivity index (χ0) is 11.6. The Morgan fingerprint density at radius 1 is 1.47 bits per heavy atom. The molecule has 2 rings (SSSR count). The maximum atomic E-state index is 11.9. The number of Topliss-reactive ketones (excluding diaryl/α,β-unsaturated/α-hetero) is 1. The molecule has 1 saturated carbocycles. The van der Waals surface area contributed by atoms with Crippen LogP contribution in [-0.4, -0.2) is 35.3 Å². The molecule has 0 bridgehead atoms. The molecule has 0 amide bonds. The van der Waals surface area contributed by atoms with Crippen molar-refractivity contribution in [3.8, 4) is 0 Å². The summed E-state index contributed by atoms with van der Waals surface area (Å²) in [6.07, 6.45) is -0.0137. The van der Waals surface area contributed by atoms with Crippen molar-refractivity contribution in [3.05, 3.63) is 0 Å². The highest BCUT2D eigenvalue weighted by Crippen LogP contribution is 2.53. The van der Waals surface area contributed by atoms with Gasteiger partial charge in [-0.2, -0.15) is 0 Å². The molecule has 1 saturated heterocycles. The summed E-state index contributed by atoms with van der Waals surface area (Å²) in [5.41, 5.74) is 0. The Balaban J connectivity index is 2.57. The van der Waals surface area contributed by atoms with Crippen molar-refractivity contribution < 1.29 is 23.1 Å². The number of hydrogen-bond acceptors (Lipinski definition) is 4. The summed E-state index contributed by atoms with van der Waals surface area (Å²) >= 11 is 0. The van der Waals surface area contributed by atoms with Crippen LogP contribution in [0.5, 0.6) is 0 Å². The number of carbonyl (C=O) groups is 2. The SMILES string of the molecule is CC1(C)C(C(=O)O)C2C(=O)CC2S1(=O)=O. The molecule has 0 radical (unpaired) electrons. The van der Waals surface area contributed by atoms with E-state index in [0.717, 1.165) is 0 Å². The fourth-order valence-electron chi connectivity index (χ4n) is 2.66. The molecule has 1 aliphatic heterocycles. The molecule has 5 nitrogen and oxygen atoms in total. The summed E-state index contributed by atoms with van der Waals surface area (Å²) < 4.78 is 22.5. The summed E-state index contributed by atoms with van der Waals surface area (Å²) in [4.78, 5) is 22.3. The summed E-state index contributed by atoms with van der Waals surface area (Å²) in [5, 5.41) is 8.24. The number of carbonyl (C=O) groups excluding carboxylic acids is 1. The van der Waals surface area contributed by atoms with E-state index < -0.39 is 37.6 Å². The topological polar surface area (TPSA) is 88.5 Å². The van der Waals surface area contributed by atoms with Crippen molar-refractivity contribution in [3.63, 3.8) is 0 Å². The fourth-order valence-corrected chi connectivity index (χ4v) is 5.12. The summed E-state index contributed by atoms with van der Waals surface area (Å²) in [7, 11) is -3.49. The molecular formula is C9H12O5S. The second-order valence-corrected chi connectivity index (χ2v) is 7.45. The number of hydrogen-bond donors (Lipinski definition) is 1. The Morgan fingerprint density at radius 2 is 2.00 bits per heavy atom. The Hall–Kier alpha value is -0.910. The molecule has 0 aromatic carbocycles. The van der Waals surface area contributed by atoms with E-state index in [0.29, 0.717) is 0 Å². The fraction of sp³-hybridized carbons (Fsp3) is 0.778. The zero-order valence-electron chi connectivity index (χ0n) is 8.43. The third kappa shape index (κ3) is 1.00. The lowest BCUT2D eigenvalue weighted by atomic mass is 9.70. The minimum absolute atomic E-state index is 0.0137. The number of rotatable bonds is 1. The average molecular weight is 232 g/mol. The molecule has 1 N–H and O–H groups in total. The van der Waals surface area contributed by atoms with Crippen LogP contribution in [0.15, 0.2) is 0 Å². The molecular weight excluding hydrogens is 220 g/mol. The first-order valence-electron chi connectivity index (χ1n) is 4.70. The molecule has 0 spiro atoms. The number of carboxylic acid groups (broad SMARTS) is 1. The van der Waals surface area contributed by atoms with Gasteiger partial charge in [0.2, 0.25) is 0 Å². The van der Waals surface area contributed by atoms with Gasteiger partial charge in [0, 0.05) is 12.3 Å². The first-order chi connectivity index (χ1) is 6.71. The molecule has 84 valence electrons. The van der Waals surface area contributed by atoms with Crippen LogP contribution in [0.2, 0.25) is 0 Å². The van der Waals surface area contributed by atoms with Gasteiger partial charge in [0.05, 0.1) is 15.9 Å². The molecule has 3 unspecified atom stereocenters. The Morgan fingerprint density at radius 3 is 2.33 bits per heavy atom. The molecule has 0 aromatic rings. The maximum Gasteiger partial charge on any atom is 0.308 e. The van der Waals surface area contributed by atoms with Gasteiger partial charge in [0.1, 0.15) is 5.78 Å². The van der Waals surface area contributed by atoms with Crippen LogP contribution in [0.4, 0.5) is 0 Å². The third-order valence-corrected chi connectivity index (χ3v) is 6.66. The van der Waals surface area contributed by atoms with Crippen molar-refractivity contribution in [2.45, 2.75) is 30.3 Å². The quantitative estimate of drug-likeness (QED) is 0.679. The number of ketones is 1. The second-order valence-electron chi connectivity index (χ2n) is 4.70. The van der Waals surface area contributed by atoms with Gasteiger partial charge >= 0.3 is 5.97 Å². The van der Waals surface area contributed by atoms with Gasteiger partial charge in [-0.25, -0.2) is 8.42 Å². The predicted molar refractivity (Wildman–Crippen MR) is 51.0 cm³/mol. The van der Waals surface area contributed by atoms with Crippen molar-refractivity contribution in [1.82, 2.24) is 0 Å². The largest absolute Gasteiger partial charge is 0.481 e. The highest BCUT2D eigenvalue weighted by Gasteiger charge is 2.69. The lowest BCUT2D eigenvalue weighted by Crippen LogP contribution is -2.45. The van der Waals surface area contributed by atoms with E-state index in [4.69, 9.17) is 5.11 Å². The molecule has 15 heavy (non-hydrogen) atoms. The van der Waals surface area contributed by atoms with Gasteiger partial charge in [0.15, 0.2) is 9.84 Å². The van der Waals surface area contributed by atoms with Crippen molar-refractivity contribution >= 4 is 21.6 Å². The lowest BCUT2D eigenvalue weighted by molar-refractivity contribution is -0.149. The molecule has 1 aliphatic carbocycles.